The molecular weight excluding hydrogens is 302 g/mol. The Morgan fingerprint density at radius 2 is 1.60 bits per heavy atom. The highest BCUT2D eigenvalue weighted by molar-refractivity contribution is 7.92. The number of nitrogens with two attached hydrogens (primary N) is 1. The first-order chi connectivity index (χ1) is 8.70. The first-order valence-corrected chi connectivity index (χ1v) is 8.84. The zero-order valence-corrected chi connectivity index (χ0v) is 14.1. The Kier molecular flexibility index (Phi) is 4.14. The number of aromatic nitrogens is 1. The van der Waals surface area contributed by atoms with Crippen LogP contribution in [-0.4, -0.2) is 39.8 Å². The van der Waals surface area contributed by atoms with Gasteiger partial charge in [0.2, 0.25) is 10.0 Å². The second kappa shape index (κ2) is 4.83. The van der Waals surface area contributed by atoms with Gasteiger partial charge in [-0.1, -0.05) is 20.8 Å². The number of sulfonamides is 2. The van der Waals surface area contributed by atoms with E-state index in [-0.39, 0.29) is 9.92 Å². The molecule has 1 heterocycles. The molecule has 0 saturated heterocycles. The van der Waals surface area contributed by atoms with Gasteiger partial charge in [0, 0.05) is 27.3 Å². The molecule has 1 aromatic rings. The van der Waals surface area contributed by atoms with E-state index in [1.165, 1.54) is 31.9 Å². The van der Waals surface area contributed by atoms with Crippen LogP contribution in [-0.2, 0) is 32.5 Å². The molecule has 0 aromatic carbocycles. The van der Waals surface area contributed by atoms with Crippen LogP contribution in [0.25, 0.3) is 0 Å². The van der Waals surface area contributed by atoms with E-state index in [0.717, 1.165) is 4.31 Å². The Bertz CT molecular complexity index is 722. The zero-order valence-electron chi connectivity index (χ0n) is 12.5. The Hall–Kier alpha value is -0.900. The van der Waals surface area contributed by atoms with Crippen molar-refractivity contribution in [1.82, 2.24) is 8.87 Å². The third-order valence-corrected chi connectivity index (χ3v) is 5.95. The van der Waals surface area contributed by atoms with Gasteiger partial charge in [-0.25, -0.2) is 26.3 Å². The van der Waals surface area contributed by atoms with Gasteiger partial charge in [-0.2, -0.15) is 0 Å². The molecule has 0 fully saturated rings. The van der Waals surface area contributed by atoms with E-state index >= 15 is 0 Å². The molecule has 2 N–H and O–H groups in total. The fourth-order valence-electron chi connectivity index (χ4n) is 1.87. The van der Waals surface area contributed by atoms with Crippen molar-refractivity contribution in [2.24, 2.45) is 12.2 Å². The van der Waals surface area contributed by atoms with Crippen LogP contribution < -0.4 is 5.14 Å². The van der Waals surface area contributed by atoms with Gasteiger partial charge in [0.1, 0.15) is 4.90 Å². The van der Waals surface area contributed by atoms with Crippen molar-refractivity contribution in [3.63, 3.8) is 0 Å². The van der Waals surface area contributed by atoms with E-state index in [2.05, 4.69) is 0 Å². The summed E-state index contributed by atoms with van der Waals surface area (Å²) in [5.74, 6) is 0. The lowest BCUT2D eigenvalue weighted by Crippen LogP contribution is -2.28. The molecule has 0 bridgehead atoms. The minimum atomic E-state index is -4.17. The molecule has 0 aliphatic rings. The molecule has 0 amide bonds. The fourth-order valence-corrected chi connectivity index (χ4v) is 4.69. The maximum Gasteiger partial charge on any atom is 0.259 e. The summed E-state index contributed by atoms with van der Waals surface area (Å²) in [5, 5.41) is 4.93. The standard InChI is InChI=1S/C11H21N3O4S2/c1-11(2,3)8-7-14(6)10(9(8)19(12,15)16)20(17,18)13(4)5/h7H,1-6H3,(H2,12,15,16). The third-order valence-electron chi connectivity index (χ3n) is 2.90. The summed E-state index contributed by atoms with van der Waals surface area (Å²) in [6, 6.07) is 0. The normalized spacial score (nSPS) is 14.0. The summed E-state index contributed by atoms with van der Waals surface area (Å²) < 4.78 is 50.7. The summed E-state index contributed by atoms with van der Waals surface area (Å²) in [6.45, 7) is 5.38. The maximum atomic E-state index is 12.3. The lowest BCUT2D eigenvalue weighted by atomic mass is 9.89. The van der Waals surface area contributed by atoms with Crippen molar-refractivity contribution in [1.29, 1.82) is 0 Å². The SMILES string of the molecule is CN(C)S(=O)(=O)c1c(S(N)(=O)=O)c(C(C)(C)C)cn1C. The van der Waals surface area contributed by atoms with Crippen molar-refractivity contribution in [2.45, 2.75) is 36.1 Å². The average Bonchev–Trinajstić information content (AvgIpc) is 2.54. The molecule has 0 aliphatic heterocycles. The Morgan fingerprint density at radius 3 is 1.90 bits per heavy atom. The van der Waals surface area contributed by atoms with Crippen molar-refractivity contribution in [3.05, 3.63) is 11.8 Å². The first-order valence-electron chi connectivity index (χ1n) is 5.86. The summed E-state index contributed by atoms with van der Waals surface area (Å²) in [4.78, 5) is -0.332. The number of nitrogens with zero attached hydrogens (tertiary/aromatic N) is 2. The van der Waals surface area contributed by atoms with Crippen LogP contribution in [0.15, 0.2) is 16.1 Å². The van der Waals surface area contributed by atoms with Crippen molar-refractivity contribution in [2.75, 3.05) is 14.1 Å². The van der Waals surface area contributed by atoms with Crippen LogP contribution in [0.2, 0.25) is 0 Å². The minimum Gasteiger partial charge on any atom is -0.339 e. The largest absolute Gasteiger partial charge is 0.339 e. The number of primary sulfonamides is 1. The maximum absolute atomic E-state index is 12.3. The summed E-state index contributed by atoms with van der Waals surface area (Å²) >= 11 is 0. The molecule has 0 unspecified atom stereocenters. The average molecular weight is 323 g/mol. The van der Waals surface area contributed by atoms with Gasteiger partial charge in [0.15, 0.2) is 5.03 Å². The molecule has 7 nitrogen and oxygen atoms in total. The molecule has 0 atom stereocenters. The highest BCUT2D eigenvalue weighted by Crippen LogP contribution is 2.34. The van der Waals surface area contributed by atoms with Gasteiger partial charge < -0.3 is 4.57 Å². The van der Waals surface area contributed by atoms with E-state index in [9.17, 15) is 16.8 Å². The van der Waals surface area contributed by atoms with Gasteiger partial charge in [-0.3, -0.25) is 0 Å². The highest BCUT2D eigenvalue weighted by atomic mass is 32.2. The number of aryl methyl sites for hydroxylation is 1. The third kappa shape index (κ3) is 2.90. The van der Waals surface area contributed by atoms with E-state index in [1.54, 1.807) is 20.8 Å². The smallest absolute Gasteiger partial charge is 0.259 e. The fraction of sp³-hybridized carbons (Fsp3) is 0.636. The predicted octanol–water partition coefficient (Wildman–Crippen LogP) is 0.220. The molecule has 0 radical (unpaired) electrons. The van der Waals surface area contributed by atoms with Gasteiger partial charge in [-0.05, 0) is 11.0 Å². The van der Waals surface area contributed by atoms with Crippen LogP contribution in [0, 0.1) is 0 Å². The van der Waals surface area contributed by atoms with E-state index in [1.807, 2.05) is 0 Å². The van der Waals surface area contributed by atoms with Gasteiger partial charge in [0.05, 0.1) is 0 Å². The van der Waals surface area contributed by atoms with Crippen molar-refractivity contribution in [3.8, 4) is 0 Å². The predicted molar refractivity (Wildman–Crippen MR) is 76.4 cm³/mol. The quantitative estimate of drug-likeness (QED) is 0.859. The monoisotopic (exact) mass is 323 g/mol. The van der Waals surface area contributed by atoms with Crippen molar-refractivity contribution < 1.29 is 16.8 Å². The van der Waals surface area contributed by atoms with Crippen LogP contribution in [0.1, 0.15) is 26.3 Å². The minimum absolute atomic E-state index is 0.310. The van der Waals surface area contributed by atoms with E-state index in [4.69, 9.17) is 5.14 Å². The first kappa shape index (κ1) is 17.2. The lowest BCUT2D eigenvalue weighted by molar-refractivity contribution is 0.505. The van der Waals surface area contributed by atoms with E-state index in [0.29, 0.717) is 5.56 Å². The molecule has 0 aliphatic carbocycles. The Morgan fingerprint density at radius 1 is 1.15 bits per heavy atom. The Balaban J connectivity index is 3.95. The molecule has 9 heteroatoms. The summed E-state index contributed by atoms with van der Waals surface area (Å²) in [6.07, 6.45) is 1.50. The topological polar surface area (TPSA) is 102 Å². The van der Waals surface area contributed by atoms with E-state index < -0.39 is 25.5 Å². The number of hydrogen-bond acceptors (Lipinski definition) is 4. The van der Waals surface area contributed by atoms with Gasteiger partial charge in [0.25, 0.3) is 10.0 Å². The highest BCUT2D eigenvalue weighted by Gasteiger charge is 2.36. The molecule has 0 spiro atoms. The zero-order chi connectivity index (χ0) is 16.1. The van der Waals surface area contributed by atoms with Crippen LogP contribution in [0.4, 0.5) is 0 Å². The van der Waals surface area contributed by atoms with Gasteiger partial charge >= 0.3 is 0 Å². The second-order valence-electron chi connectivity index (χ2n) is 5.87. The molecule has 1 rings (SSSR count). The molecule has 20 heavy (non-hydrogen) atoms. The molecule has 1 aromatic heterocycles. The van der Waals surface area contributed by atoms with Crippen LogP contribution in [0.3, 0.4) is 0 Å². The van der Waals surface area contributed by atoms with Crippen LogP contribution >= 0.6 is 0 Å². The van der Waals surface area contributed by atoms with Gasteiger partial charge in [-0.15, -0.1) is 0 Å². The molecule has 0 saturated carbocycles. The lowest BCUT2D eigenvalue weighted by Gasteiger charge is -2.19. The Labute approximate surface area is 120 Å². The number of rotatable bonds is 3. The molecule has 116 valence electrons. The summed E-state index contributed by atoms with van der Waals surface area (Å²) in [7, 11) is -3.93. The number of hydrogen-bond donors (Lipinski definition) is 1. The summed E-state index contributed by atoms with van der Waals surface area (Å²) in [5.41, 5.74) is -0.178. The van der Waals surface area contributed by atoms with Crippen molar-refractivity contribution >= 4 is 20.0 Å². The van der Waals surface area contributed by atoms with Crippen LogP contribution in [0.5, 0.6) is 0 Å². The molecular formula is C11H21N3O4S2. The second-order valence-corrected chi connectivity index (χ2v) is 9.44.